The first kappa shape index (κ1) is 16.3. The van der Waals surface area contributed by atoms with Crippen LogP contribution in [0.2, 0.25) is 0 Å². The number of rotatable bonds is 6. The molecule has 2 fully saturated rings. The van der Waals surface area contributed by atoms with E-state index in [2.05, 4.69) is 45.5 Å². The molecule has 2 aliphatic rings. The lowest BCUT2D eigenvalue weighted by molar-refractivity contribution is 0.149. The second-order valence-electron chi connectivity index (χ2n) is 6.79. The van der Waals surface area contributed by atoms with Crippen LogP contribution in [-0.4, -0.2) is 36.8 Å². The number of anilines is 1. The number of pyridine rings is 1. The van der Waals surface area contributed by atoms with Crippen LogP contribution in [0.4, 0.5) is 5.69 Å². The number of fused-ring (bicyclic) bond motifs is 2. The zero-order valence-corrected chi connectivity index (χ0v) is 14.5. The van der Waals surface area contributed by atoms with Gasteiger partial charge in [-0.05, 0) is 36.6 Å². The van der Waals surface area contributed by atoms with E-state index in [0.29, 0.717) is 25.3 Å². The Kier molecular flexibility index (Phi) is 5.09. The van der Waals surface area contributed by atoms with Gasteiger partial charge in [0.15, 0.2) is 0 Å². The third-order valence-corrected chi connectivity index (χ3v) is 5.06. The van der Waals surface area contributed by atoms with Crippen molar-refractivity contribution in [2.75, 3.05) is 24.6 Å². The molecule has 1 N–H and O–H groups in total. The van der Waals surface area contributed by atoms with Crippen LogP contribution >= 0.6 is 0 Å². The molecule has 2 aromatic rings. The Hall–Kier alpha value is -2.17. The minimum Gasteiger partial charge on any atom is -0.373 e. The molecule has 2 aliphatic heterocycles. The third-order valence-electron chi connectivity index (χ3n) is 5.06. The molecular formula is C21H25N3O. The lowest BCUT2D eigenvalue weighted by Gasteiger charge is -2.37. The summed E-state index contributed by atoms with van der Waals surface area (Å²) < 4.78 is 5.70. The maximum atomic E-state index is 5.70. The molecule has 25 heavy (non-hydrogen) atoms. The van der Waals surface area contributed by atoms with Crippen LogP contribution < -0.4 is 10.2 Å². The van der Waals surface area contributed by atoms with Gasteiger partial charge < -0.3 is 15.0 Å². The smallest absolute Gasteiger partial charge is 0.0721 e. The lowest BCUT2D eigenvalue weighted by atomic mass is 10.1. The highest BCUT2D eigenvalue weighted by molar-refractivity contribution is 5.57. The Balaban J connectivity index is 1.34. The summed E-state index contributed by atoms with van der Waals surface area (Å²) in [7, 11) is 0. The molecule has 2 saturated heterocycles. The van der Waals surface area contributed by atoms with Crippen molar-refractivity contribution in [1.82, 2.24) is 10.3 Å². The lowest BCUT2D eigenvalue weighted by Crippen LogP contribution is -2.52. The summed E-state index contributed by atoms with van der Waals surface area (Å²) in [5.74, 6) is 0. The van der Waals surface area contributed by atoms with Crippen molar-refractivity contribution < 1.29 is 4.74 Å². The fourth-order valence-corrected chi connectivity index (χ4v) is 3.88. The fourth-order valence-electron chi connectivity index (χ4n) is 3.88. The predicted octanol–water partition coefficient (Wildman–Crippen LogP) is 3.25. The van der Waals surface area contributed by atoms with Gasteiger partial charge in [0.1, 0.15) is 0 Å². The Morgan fingerprint density at radius 2 is 1.92 bits per heavy atom. The first-order valence-corrected chi connectivity index (χ1v) is 9.13. The molecule has 4 heteroatoms. The van der Waals surface area contributed by atoms with E-state index in [1.807, 2.05) is 30.5 Å². The molecule has 1 aromatic carbocycles. The van der Waals surface area contributed by atoms with Crippen molar-refractivity contribution in [3.63, 3.8) is 0 Å². The zero-order valence-electron chi connectivity index (χ0n) is 14.5. The number of nitrogens with zero attached hydrogens (tertiary/aromatic N) is 2. The van der Waals surface area contributed by atoms with Crippen LogP contribution in [0, 0.1) is 0 Å². The van der Waals surface area contributed by atoms with Gasteiger partial charge in [-0.3, -0.25) is 4.98 Å². The Bertz CT molecular complexity index is 700. The molecule has 3 heterocycles. The fraction of sp³-hybridized carbons (Fsp3) is 0.381. The van der Waals surface area contributed by atoms with E-state index in [1.165, 1.54) is 24.1 Å². The van der Waals surface area contributed by atoms with Gasteiger partial charge in [0, 0.05) is 37.1 Å². The van der Waals surface area contributed by atoms with Crippen molar-refractivity contribution in [2.45, 2.75) is 31.5 Å². The predicted molar refractivity (Wildman–Crippen MR) is 102 cm³/mol. The van der Waals surface area contributed by atoms with Gasteiger partial charge in [0.25, 0.3) is 0 Å². The first-order valence-electron chi connectivity index (χ1n) is 9.13. The van der Waals surface area contributed by atoms with Gasteiger partial charge >= 0.3 is 0 Å². The highest BCUT2D eigenvalue weighted by Crippen LogP contribution is 2.32. The highest BCUT2D eigenvalue weighted by Gasteiger charge is 2.36. The molecule has 2 unspecified atom stereocenters. The zero-order chi connectivity index (χ0) is 16.9. The summed E-state index contributed by atoms with van der Waals surface area (Å²) in [4.78, 5) is 7.06. The van der Waals surface area contributed by atoms with E-state index in [0.717, 1.165) is 18.8 Å². The molecule has 4 nitrogen and oxygen atoms in total. The normalized spacial score (nSPS) is 22.6. The topological polar surface area (TPSA) is 37.4 Å². The van der Waals surface area contributed by atoms with E-state index in [9.17, 15) is 0 Å². The average Bonchev–Trinajstić information content (AvgIpc) is 2.91. The number of piperazine rings is 1. The van der Waals surface area contributed by atoms with E-state index in [-0.39, 0.29) is 0 Å². The van der Waals surface area contributed by atoms with E-state index >= 15 is 0 Å². The van der Waals surface area contributed by atoms with Gasteiger partial charge in [-0.15, -0.1) is 0 Å². The molecule has 0 radical (unpaired) electrons. The van der Waals surface area contributed by atoms with Crippen LogP contribution in [0.15, 0.2) is 54.7 Å². The van der Waals surface area contributed by atoms with Crippen LogP contribution in [0.1, 0.15) is 24.1 Å². The third kappa shape index (κ3) is 3.91. The number of hydrogen-bond acceptors (Lipinski definition) is 4. The molecule has 130 valence electrons. The summed E-state index contributed by atoms with van der Waals surface area (Å²) in [5, 5.41) is 3.54. The van der Waals surface area contributed by atoms with Crippen LogP contribution in [-0.2, 0) is 11.3 Å². The molecule has 0 amide bonds. The minimum atomic E-state index is 0.597. The molecule has 0 saturated carbocycles. The van der Waals surface area contributed by atoms with E-state index < -0.39 is 0 Å². The molecule has 1 aromatic heterocycles. The van der Waals surface area contributed by atoms with Crippen molar-refractivity contribution in [3.8, 4) is 0 Å². The molecule has 0 aliphatic carbocycles. The number of hydrogen-bond donors (Lipinski definition) is 1. The van der Waals surface area contributed by atoms with Gasteiger partial charge in [0.05, 0.1) is 18.9 Å². The molecule has 0 spiro atoms. The number of nitrogens with one attached hydrogen (secondary N) is 1. The van der Waals surface area contributed by atoms with Gasteiger partial charge in [-0.2, -0.15) is 0 Å². The van der Waals surface area contributed by atoms with Crippen LogP contribution in [0.5, 0.6) is 0 Å². The highest BCUT2D eigenvalue weighted by atomic mass is 16.5. The summed E-state index contributed by atoms with van der Waals surface area (Å²) in [6.45, 7) is 3.43. The summed E-state index contributed by atoms with van der Waals surface area (Å²) >= 11 is 0. The molecule has 2 atom stereocenters. The number of ether oxygens (including phenoxy) is 1. The number of aromatic nitrogens is 1. The largest absolute Gasteiger partial charge is 0.373 e. The van der Waals surface area contributed by atoms with Crippen molar-refractivity contribution in [1.29, 1.82) is 0 Å². The molecular weight excluding hydrogens is 310 g/mol. The monoisotopic (exact) mass is 335 g/mol. The van der Waals surface area contributed by atoms with E-state index in [1.54, 1.807) is 0 Å². The second kappa shape index (κ2) is 7.81. The maximum Gasteiger partial charge on any atom is 0.0721 e. The number of benzene rings is 1. The van der Waals surface area contributed by atoms with Crippen molar-refractivity contribution >= 4 is 11.8 Å². The Labute approximate surface area is 149 Å². The van der Waals surface area contributed by atoms with Gasteiger partial charge in [-0.25, -0.2) is 0 Å². The first-order chi connectivity index (χ1) is 12.4. The summed E-state index contributed by atoms with van der Waals surface area (Å²) in [5.41, 5.74) is 3.50. The van der Waals surface area contributed by atoms with E-state index in [4.69, 9.17) is 4.74 Å². The summed E-state index contributed by atoms with van der Waals surface area (Å²) in [6.07, 6.45) is 8.60. The SMILES string of the molecule is C(=C\c1cc(N2C3CCC2CNC3)ccn1)/COCc1ccccc1. The average molecular weight is 335 g/mol. The van der Waals surface area contributed by atoms with Crippen molar-refractivity contribution in [3.05, 3.63) is 66.0 Å². The molecule has 2 bridgehead atoms. The van der Waals surface area contributed by atoms with Crippen molar-refractivity contribution in [2.24, 2.45) is 0 Å². The van der Waals surface area contributed by atoms with Gasteiger partial charge in [-0.1, -0.05) is 36.4 Å². The minimum absolute atomic E-state index is 0.597. The quantitative estimate of drug-likeness (QED) is 0.822. The van der Waals surface area contributed by atoms with Crippen LogP contribution in [0.25, 0.3) is 6.08 Å². The second-order valence-corrected chi connectivity index (χ2v) is 6.79. The van der Waals surface area contributed by atoms with Gasteiger partial charge in [0.2, 0.25) is 0 Å². The Morgan fingerprint density at radius 3 is 2.72 bits per heavy atom. The summed E-state index contributed by atoms with van der Waals surface area (Å²) in [6, 6.07) is 15.9. The Morgan fingerprint density at radius 1 is 1.12 bits per heavy atom. The standard InChI is InChI=1S/C21H25N3O/c1-2-5-17(6-3-1)16-25-12-4-7-18-13-19(10-11-23-18)24-20-8-9-21(24)15-22-14-20/h1-7,10-11,13,20-22H,8-9,12,14-16H2/b7-4+. The molecule has 4 rings (SSSR count). The maximum absolute atomic E-state index is 5.70. The van der Waals surface area contributed by atoms with Crippen LogP contribution in [0.3, 0.4) is 0 Å².